The van der Waals surface area contributed by atoms with Gasteiger partial charge in [0.15, 0.2) is 0 Å². The molecule has 1 rings (SSSR count). The summed E-state index contributed by atoms with van der Waals surface area (Å²) in [6.07, 6.45) is 4.28. The average molecular weight is 248 g/mol. The molecule has 6 heteroatoms. The molecule has 2 atom stereocenters. The van der Waals surface area contributed by atoms with Crippen LogP contribution in [-0.4, -0.2) is 29.5 Å². The maximum atomic E-state index is 11.6. The molecule has 0 aromatic rings. The fraction of sp³-hybridized carbons (Fsp3) is 0.900. The molecule has 0 bridgehead atoms. The summed E-state index contributed by atoms with van der Waals surface area (Å²) >= 11 is 5.46. The van der Waals surface area contributed by atoms with Gasteiger partial charge < -0.3 is 5.32 Å². The maximum absolute atomic E-state index is 11.6. The van der Waals surface area contributed by atoms with Gasteiger partial charge in [-0.05, 0) is 18.8 Å². The number of carbonyl (C=O) groups is 1. The number of alkyl halides is 1. The number of nitroso groups, excluding NO2 is 1. The van der Waals surface area contributed by atoms with Gasteiger partial charge in [-0.25, -0.2) is 4.79 Å². The van der Waals surface area contributed by atoms with Crippen LogP contribution in [0.4, 0.5) is 4.79 Å². The molecule has 0 heterocycles. The lowest BCUT2D eigenvalue weighted by molar-refractivity contribution is 0.190. The van der Waals surface area contributed by atoms with E-state index in [0.29, 0.717) is 5.92 Å². The van der Waals surface area contributed by atoms with Crippen molar-refractivity contribution in [3.8, 4) is 0 Å². The first-order valence-electron chi connectivity index (χ1n) is 5.64. The lowest BCUT2D eigenvalue weighted by Gasteiger charge is -2.28. The third-order valence-corrected chi connectivity index (χ3v) is 3.06. The van der Waals surface area contributed by atoms with Crippen molar-refractivity contribution in [1.29, 1.82) is 0 Å². The van der Waals surface area contributed by atoms with Gasteiger partial charge in [0.2, 0.25) is 0 Å². The van der Waals surface area contributed by atoms with Gasteiger partial charge in [-0.3, -0.25) is 0 Å². The van der Waals surface area contributed by atoms with Crippen LogP contribution in [0, 0.1) is 10.8 Å². The SMILES string of the molecule is C[C@@H]1CCC[C@H](NC(=O)N(CCCl)N=O)C1. The van der Waals surface area contributed by atoms with Crippen molar-refractivity contribution >= 4 is 17.6 Å². The number of rotatable bonds is 4. The first-order chi connectivity index (χ1) is 7.67. The summed E-state index contributed by atoms with van der Waals surface area (Å²) in [5.41, 5.74) is 0. The zero-order valence-corrected chi connectivity index (χ0v) is 10.2. The molecule has 0 spiro atoms. The quantitative estimate of drug-likeness (QED) is 0.471. The minimum Gasteiger partial charge on any atom is -0.334 e. The fourth-order valence-electron chi connectivity index (χ4n) is 2.07. The summed E-state index contributed by atoms with van der Waals surface area (Å²) in [7, 11) is 0. The Morgan fingerprint density at radius 3 is 2.88 bits per heavy atom. The number of halogens is 1. The molecular formula is C10H18ClN3O2. The van der Waals surface area contributed by atoms with Gasteiger partial charge >= 0.3 is 6.03 Å². The fourth-order valence-corrected chi connectivity index (χ4v) is 2.23. The largest absolute Gasteiger partial charge is 0.340 e. The molecule has 1 aliphatic rings. The molecule has 0 aromatic heterocycles. The number of nitrogens with zero attached hydrogens (tertiary/aromatic N) is 2. The molecule has 0 saturated heterocycles. The molecule has 0 aliphatic heterocycles. The number of urea groups is 1. The summed E-state index contributed by atoms with van der Waals surface area (Å²) in [4.78, 5) is 22.0. The second-order valence-electron chi connectivity index (χ2n) is 4.31. The van der Waals surface area contributed by atoms with E-state index >= 15 is 0 Å². The molecule has 92 valence electrons. The van der Waals surface area contributed by atoms with Gasteiger partial charge in [0.25, 0.3) is 0 Å². The molecule has 1 fully saturated rings. The van der Waals surface area contributed by atoms with Gasteiger partial charge in [-0.1, -0.05) is 19.8 Å². The van der Waals surface area contributed by atoms with E-state index in [0.717, 1.165) is 24.3 Å². The minimum atomic E-state index is -0.435. The van der Waals surface area contributed by atoms with Crippen LogP contribution in [0.25, 0.3) is 0 Å². The predicted molar refractivity (Wildman–Crippen MR) is 63.2 cm³/mol. The number of carbonyl (C=O) groups excluding carboxylic acids is 1. The van der Waals surface area contributed by atoms with Gasteiger partial charge in [-0.15, -0.1) is 16.5 Å². The highest BCUT2D eigenvalue weighted by Crippen LogP contribution is 2.23. The van der Waals surface area contributed by atoms with Gasteiger partial charge in [0, 0.05) is 11.9 Å². The van der Waals surface area contributed by atoms with E-state index in [2.05, 4.69) is 17.5 Å². The first-order valence-corrected chi connectivity index (χ1v) is 6.18. The Hall–Kier alpha value is -0.840. The standard InChI is InChI=1S/C10H18ClN3O2/c1-8-3-2-4-9(7-8)12-10(15)14(13-16)6-5-11/h8-9H,2-7H2,1H3,(H,12,15)/t8-,9+/m1/s1. The third kappa shape index (κ3) is 3.96. The normalized spacial score (nSPS) is 24.9. The molecule has 2 amide bonds. The smallest absolute Gasteiger partial charge is 0.334 e. The van der Waals surface area contributed by atoms with E-state index in [4.69, 9.17) is 11.6 Å². The van der Waals surface area contributed by atoms with Crippen LogP contribution in [0.2, 0.25) is 0 Å². The molecular weight excluding hydrogens is 230 g/mol. The van der Waals surface area contributed by atoms with Crippen LogP contribution < -0.4 is 5.32 Å². The summed E-state index contributed by atoms with van der Waals surface area (Å²) < 4.78 is 0. The lowest BCUT2D eigenvalue weighted by atomic mass is 9.87. The number of hydrogen-bond donors (Lipinski definition) is 1. The van der Waals surface area contributed by atoms with Crippen molar-refractivity contribution in [3.63, 3.8) is 0 Å². The van der Waals surface area contributed by atoms with Crippen LogP contribution >= 0.6 is 11.6 Å². The predicted octanol–water partition coefficient (Wildman–Crippen LogP) is 2.50. The second kappa shape index (κ2) is 6.68. The molecule has 0 radical (unpaired) electrons. The van der Waals surface area contributed by atoms with Crippen LogP contribution in [-0.2, 0) is 0 Å². The van der Waals surface area contributed by atoms with E-state index in [-0.39, 0.29) is 18.5 Å². The zero-order valence-electron chi connectivity index (χ0n) is 9.49. The van der Waals surface area contributed by atoms with Crippen molar-refractivity contribution in [2.45, 2.75) is 38.6 Å². The van der Waals surface area contributed by atoms with E-state index < -0.39 is 6.03 Å². The molecule has 5 nitrogen and oxygen atoms in total. The second-order valence-corrected chi connectivity index (χ2v) is 4.69. The maximum Gasteiger partial charge on any atom is 0.340 e. The highest BCUT2D eigenvalue weighted by molar-refractivity contribution is 6.18. The van der Waals surface area contributed by atoms with E-state index in [9.17, 15) is 9.70 Å². The number of hydrogen-bond acceptors (Lipinski definition) is 3. The summed E-state index contributed by atoms with van der Waals surface area (Å²) in [6.45, 7) is 2.33. The number of amides is 2. The van der Waals surface area contributed by atoms with Crippen molar-refractivity contribution in [2.75, 3.05) is 12.4 Å². The van der Waals surface area contributed by atoms with Gasteiger partial charge in [0.05, 0.1) is 11.8 Å². The van der Waals surface area contributed by atoms with E-state index in [1.54, 1.807) is 0 Å². The van der Waals surface area contributed by atoms with Gasteiger partial charge in [0.1, 0.15) is 0 Å². The molecule has 1 N–H and O–H groups in total. The number of nitrogens with one attached hydrogen (secondary N) is 1. The van der Waals surface area contributed by atoms with Crippen molar-refractivity contribution in [2.24, 2.45) is 11.2 Å². The topological polar surface area (TPSA) is 61.8 Å². The van der Waals surface area contributed by atoms with E-state index in [1.807, 2.05) is 0 Å². The third-order valence-electron chi connectivity index (χ3n) is 2.89. The molecule has 16 heavy (non-hydrogen) atoms. The highest BCUT2D eigenvalue weighted by atomic mass is 35.5. The van der Waals surface area contributed by atoms with Crippen LogP contribution in [0.5, 0.6) is 0 Å². The monoisotopic (exact) mass is 247 g/mol. The molecule has 0 unspecified atom stereocenters. The molecule has 1 aliphatic carbocycles. The van der Waals surface area contributed by atoms with Crippen molar-refractivity contribution in [3.05, 3.63) is 4.91 Å². The average Bonchev–Trinajstić information content (AvgIpc) is 2.25. The van der Waals surface area contributed by atoms with Crippen LogP contribution in [0.15, 0.2) is 5.29 Å². The van der Waals surface area contributed by atoms with Crippen molar-refractivity contribution in [1.82, 2.24) is 10.3 Å². The minimum absolute atomic E-state index is 0.152. The highest BCUT2D eigenvalue weighted by Gasteiger charge is 2.23. The Kier molecular flexibility index (Phi) is 5.52. The Bertz CT molecular complexity index is 250. The zero-order chi connectivity index (χ0) is 12.0. The first kappa shape index (κ1) is 13.2. The van der Waals surface area contributed by atoms with E-state index in [1.165, 1.54) is 6.42 Å². The lowest BCUT2D eigenvalue weighted by Crippen LogP contribution is -2.44. The van der Waals surface area contributed by atoms with Crippen molar-refractivity contribution < 1.29 is 4.79 Å². The summed E-state index contributed by atoms with van der Waals surface area (Å²) in [6, 6.07) is -0.273. The molecule has 0 aromatic carbocycles. The molecule has 1 saturated carbocycles. The summed E-state index contributed by atoms with van der Waals surface area (Å²) in [5.74, 6) is 0.838. The van der Waals surface area contributed by atoms with Crippen LogP contribution in [0.1, 0.15) is 32.6 Å². The summed E-state index contributed by atoms with van der Waals surface area (Å²) in [5, 5.41) is 6.31. The Balaban J connectivity index is 2.39. The Morgan fingerprint density at radius 2 is 2.31 bits per heavy atom. The Morgan fingerprint density at radius 1 is 1.56 bits per heavy atom. The van der Waals surface area contributed by atoms with Gasteiger partial charge in [-0.2, -0.15) is 5.01 Å². The van der Waals surface area contributed by atoms with Crippen LogP contribution in [0.3, 0.4) is 0 Å². The Labute approximate surface area is 100 Å².